The van der Waals surface area contributed by atoms with Crippen LogP contribution in [0.1, 0.15) is 42.2 Å². The Kier molecular flexibility index (Phi) is 5.61. The van der Waals surface area contributed by atoms with Crippen molar-refractivity contribution in [1.29, 1.82) is 0 Å². The molecule has 2 atom stereocenters. The molecule has 5 heteroatoms. The number of ketones is 1. The number of carbonyl (C=O) groups excluding carboxylic acids is 2. The van der Waals surface area contributed by atoms with Crippen molar-refractivity contribution < 1.29 is 9.59 Å². The Morgan fingerprint density at radius 3 is 2.21 bits per heavy atom. The van der Waals surface area contributed by atoms with E-state index in [-0.39, 0.29) is 23.5 Å². The highest BCUT2D eigenvalue weighted by molar-refractivity contribution is 7.98. The molecule has 29 heavy (non-hydrogen) atoms. The zero-order chi connectivity index (χ0) is 20.5. The van der Waals surface area contributed by atoms with Gasteiger partial charge in [0.05, 0.1) is 0 Å². The maximum absolute atomic E-state index is 13.4. The first kappa shape index (κ1) is 19.9. The number of amides is 1. The van der Waals surface area contributed by atoms with Gasteiger partial charge in [-0.3, -0.25) is 9.59 Å². The van der Waals surface area contributed by atoms with Gasteiger partial charge in [-0.1, -0.05) is 42.5 Å². The van der Waals surface area contributed by atoms with Crippen LogP contribution in [0.25, 0.3) is 0 Å². The lowest BCUT2D eigenvalue weighted by Crippen LogP contribution is -2.47. The van der Waals surface area contributed by atoms with Gasteiger partial charge in [-0.15, -0.1) is 11.8 Å². The molecule has 0 saturated carbocycles. The van der Waals surface area contributed by atoms with Crippen LogP contribution >= 0.6 is 11.8 Å². The predicted octanol–water partition coefficient (Wildman–Crippen LogP) is 4.60. The first-order chi connectivity index (χ1) is 14.0. The van der Waals surface area contributed by atoms with E-state index in [1.54, 1.807) is 16.8 Å². The van der Waals surface area contributed by atoms with Crippen LogP contribution < -0.4 is 0 Å². The normalized spacial score (nSPS) is 22.3. The molecule has 0 bridgehead atoms. The third-order valence-electron chi connectivity index (χ3n) is 5.89. The van der Waals surface area contributed by atoms with Crippen molar-refractivity contribution in [1.82, 2.24) is 10.0 Å². The molecular weight excluding hydrogens is 380 g/mol. The zero-order valence-electron chi connectivity index (χ0n) is 17.1. The monoisotopic (exact) mass is 406 g/mol. The Morgan fingerprint density at radius 1 is 0.897 bits per heavy atom. The summed E-state index contributed by atoms with van der Waals surface area (Å²) in [4.78, 5) is 27.6. The SMILES string of the molecule is CSc1ccc(C2CC(=O)N(N(C)C)C3=C2C(=O)CC(c2ccccc2)C3)cc1. The van der Waals surface area contributed by atoms with Gasteiger partial charge in [0.25, 0.3) is 0 Å². The summed E-state index contributed by atoms with van der Waals surface area (Å²) in [6.45, 7) is 0. The van der Waals surface area contributed by atoms with Crippen LogP contribution in [0.15, 0.2) is 70.8 Å². The van der Waals surface area contributed by atoms with E-state index in [1.807, 2.05) is 43.6 Å². The third kappa shape index (κ3) is 3.77. The van der Waals surface area contributed by atoms with E-state index in [2.05, 4.69) is 36.4 Å². The molecule has 1 aliphatic carbocycles. The minimum atomic E-state index is -0.158. The van der Waals surface area contributed by atoms with Gasteiger partial charge in [-0.2, -0.15) is 0 Å². The second-order valence-corrected chi connectivity index (χ2v) is 8.76. The number of nitrogens with zero attached hydrogens (tertiary/aromatic N) is 2. The van der Waals surface area contributed by atoms with Crippen molar-refractivity contribution >= 4 is 23.5 Å². The van der Waals surface area contributed by atoms with Gasteiger partial charge < -0.3 is 0 Å². The minimum Gasteiger partial charge on any atom is -0.294 e. The van der Waals surface area contributed by atoms with Crippen LogP contribution in [0.3, 0.4) is 0 Å². The summed E-state index contributed by atoms with van der Waals surface area (Å²) in [6, 6.07) is 18.4. The summed E-state index contributed by atoms with van der Waals surface area (Å²) < 4.78 is 0. The predicted molar refractivity (Wildman–Crippen MR) is 117 cm³/mol. The van der Waals surface area contributed by atoms with E-state index in [0.29, 0.717) is 19.3 Å². The number of hydrogen-bond donors (Lipinski definition) is 0. The molecule has 0 aromatic heterocycles. The third-order valence-corrected chi connectivity index (χ3v) is 6.63. The standard InChI is InChI=1S/C24H26N2O2S/c1-25(2)26-21-13-18(16-7-5-4-6-8-16)14-22(27)24(21)20(15-23(26)28)17-9-11-19(29-3)12-10-17/h4-12,18,20H,13-15H2,1-3H3. The molecule has 0 radical (unpaired) electrons. The number of rotatable bonds is 4. The van der Waals surface area contributed by atoms with Gasteiger partial charge in [-0.05, 0) is 41.9 Å². The van der Waals surface area contributed by atoms with Gasteiger partial charge >= 0.3 is 0 Å². The summed E-state index contributed by atoms with van der Waals surface area (Å²) in [5, 5.41) is 3.53. The fourth-order valence-corrected chi connectivity index (χ4v) is 4.97. The summed E-state index contributed by atoms with van der Waals surface area (Å²) in [5.74, 6) is 0.164. The Morgan fingerprint density at radius 2 is 1.59 bits per heavy atom. The second kappa shape index (κ2) is 8.17. The van der Waals surface area contributed by atoms with Gasteiger partial charge in [0.15, 0.2) is 5.78 Å². The average molecular weight is 407 g/mol. The van der Waals surface area contributed by atoms with E-state index in [9.17, 15) is 9.59 Å². The fourth-order valence-electron chi connectivity index (χ4n) is 4.57. The number of carbonyl (C=O) groups is 2. The molecule has 0 N–H and O–H groups in total. The summed E-state index contributed by atoms with van der Waals surface area (Å²) >= 11 is 1.69. The molecule has 4 nitrogen and oxygen atoms in total. The van der Waals surface area contributed by atoms with Crippen molar-refractivity contribution in [2.75, 3.05) is 20.4 Å². The van der Waals surface area contributed by atoms with Gasteiger partial charge in [0, 0.05) is 49.0 Å². The maximum atomic E-state index is 13.4. The van der Waals surface area contributed by atoms with E-state index >= 15 is 0 Å². The van der Waals surface area contributed by atoms with Crippen LogP contribution in [0, 0.1) is 0 Å². The Balaban J connectivity index is 1.78. The van der Waals surface area contributed by atoms with Crippen LogP contribution in [0.4, 0.5) is 0 Å². The average Bonchev–Trinajstić information content (AvgIpc) is 2.73. The molecule has 4 rings (SSSR count). The lowest BCUT2D eigenvalue weighted by atomic mass is 9.73. The number of hydrazine groups is 1. The summed E-state index contributed by atoms with van der Waals surface area (Å²) in [6.07, 6.45) is 3.58. The number of hydrogen-bond acceptors (Lipinski definition) is 4. The van der Waals surface area contributed by atoms with E-state index in [0.717, 1.165) is 22.4 Å². The fraction of sp³-hybridized carbons (Fsp3) is 0.333. The Bertz CT molecular complexity index is 951. The van der Waals surface area contributed by atoms with Gasteiger partial charge in [0.2, 0.25) is 5.91 Å². The maximum Gasteiger partial charge on any atom is 0.242 e. The topological polar surface area (TPSA) is 40.6 Å². The van der Waals surface area contributed by atoms with Crippen LogP contribution in [-0.2, 0) is 9.59 Å². The van der Waals surface area contributed by atoms with Gasteiger partial charge in [-0.25, -0.2) is 10.0 Å². The lowest BCUT2D eigenvalue weighted by molar-refractivity contribution is -0.143. The molecule has 0 spiro atoms. The molecule has 1 heterocycles. The smallest absolute Gasteiger partial charge is 0.242 e. The zero-order valence-corrected chi connectivity index (χ0v) is 17.9. The van der Waals surface area contributed by atoms with E-state index in [1.165, 1.54) is 4.90 Å². The van der Waals surface area contributed by atoms with Gasteiger partial charge in [0.1, 0.15) is 0 Å². The van der Waals surface area contributed by atoms with Crippen molar-refractivity contribution in [3.05, 3.63) is 77.0 Å². The molecule has 2 aromatic rings. The highest BCUT2D eigenvalue weighted by Gasteiger charge is 2.42. The number of Topliss-reactive ketones (excluding diaryl/α,β-unsaturated/α-hetero) is 1. The molecule has 150 valence electrons. The molecule has 2 unspecified atom stereocenters. The molecule has 0 fully saturated rings. The number of allylic oxidation sites excluding steroid dienone is 2. The van der Waals surface area contributed by atoms with Crippen molar-refractivity contribution in [3.8, 4) is 0 Å². The molecule has 2 aliphatic rings. The highest BCUT2D eigenvalue weighted by Crippen LogP contribution is 2.45. The van der Waals surface area contributed by atoms with Crippen molar-refractivity contribution in [2.45, 2.75) is 36.0 Å². The first-order valence-electron chi connectivity index (χ1n) is 9.95. The first-order valence-corrected chi connectivity index (χ1v) is 11.2. The van der Waals surface area contributed by atoms with Crippen LogP contribution in [-0.4, -0.2) is 42.1 Å². The Labute approximate surface area is 176 Å². The highest BCUT2D eigenvalue weighted by atomic mass is 32.2. The largest absolute Gasteiger partial charge is 0.294 e. The van der Waals surface area contributed by atoms with Crippen LogP contribution in [0.2, 0.25) is 0 Å². The number of benzene rings is 2. The lowest BCUT2D eigenvalue weighted by Gasteiger charge is -2.42. The molecule has 2 aromatic carbocycles. The van der Waals surface area contributed by atoms with E-state index < -0.39 is 0 Å². The minimum absolute atomic E-state index is 0.0502. The molecular formula is C24H26N2O2S. The second-order valence-electron chi connectivity index (χ2n) is 7.88. The summed E-state index contributed by atoms with van der Waals surface area (Å²) in [7, 11) is 3.74. The molecule has 1 amide bonds. The number of thioether (sulfide) groups is 1. The molecule has 1 aliphatic heterocycles. The summed E-state index contributed by atoms with van der Waals surface area (Å²) in [5.41, 5.74) is 3.90. The van der Waals surface area contributed by atoms with Crippen LogP contribution in [0.5, 0.6) is 0 Å². The van der Waals surface area contributed by atoms with E-state index in [4.69, 9.17) is 0 Å². The van der Waals surface area contributed by atoms with Crippen molar-refractivity contribution in [2.24, 2.45) is 0 Å². The molecule has 0 saturated heterocycles. The van der Waals surface area contributed by atoms with Crippen molar-refractivity contribution in [3.63, 3.8) is 0 Å². The Hall–Kier alpha value is -2.37. The quantitative estimate of drug-likeness (QED) is 0.696.